The molecule has 0 aliphatic carbocycles. The Labute approximate surface area is 154 Å². The smallest absolute Gasteiger partial charge is 0.274 e. The molecule has 0 radical (unpaired) electrons. The highest BCUT2D eigenvalue weighted by Gasteiger charge is 2.28. The van der Waals surface area contributed by atoms with Gasteiger partial charge in [-0.05, 0) is 12.3 Å². The largest absolute Gasteiger partial charge is 0.381 e. The normalized spacial score (nSPS) is 26.5. The van der Waals surface area contributed by atoms with Crippen molar-refractivity contribution in [2.24, 2.45) is 5.92 Å². The lowest BCUT2D eigenvalue weighted by atomic mass is 10.1. The first-order valence-electron chi connectivity index (χ1n) is 9.36. The highest BCUT2D eigenvalue weighted by molar-refractivity contribution is 7.91. The third-order valence-electron chi connectivity index (χ3n) is 5.56. The molecule has 4 rings (SSSR count). The number of aromatic nitrogens is 2. The highest BCUT2D eigenvalue weighted by Crippen LogP contribution is 2.17. The second-order valence-corrected chi connectivity index (χ2v) is 9.76. The third-order valence-corrected chi connectivity index (χ3v) is 7.17. The van der Waals surface area contributed by atoms with Crippen LogP contribution in [0.2, 0.25) is 0 Å². The molecular weight excluding hydrogens is 356 g/mol. The Morgan fingerprint density at radius 1 is 1.19 bits per heavy atom. The maximum Gasteiger partial charge on any atom is 0.274 e. The molecule has 1 aromatic rings. The fraction of sp³-hybridized carbons (Fsp3) is 0.765. The predicted octanol–water partition coefficient (Wildman–Crippen LogP) is -0.352. The van der Waals surface area contributed by atoms with Gasteiger partial charge in [0.25, 0.3) is 5.91 Å². The number of ether oxygens (including phenoxy) is 1. The molecule has 26 heavy (non-hydrogen) atoms. The molecule has 1 atom stereocenters. The van der Waals surface area contributed by atoms with Crippen LogP contribution in [0, 0.1) is 5.92 Å². The Kier molecular flexibility index (Phi) is 5.02. The maximum absolute atomic E-state index is 12.6. The zero-order chi connectivity index (χ0) is 18.1. The van der Waals surface area contributed by atoms with Crippen molar-refractivity contribution >= 4 is 15.7 Å². The van der Waals surface area contributed by atoms with E-state index in [4.69, 9.17) is 4.74 Å². The average Bonchev–Trinajstić information content (AvgIpc) is 3.23. The van der Waals surface area contributed by atoms with Crippen molar-refractivity contribution in [3.05, 3.63) is 17.7 Å². The topological polar surface area (TPSA) is 84.7 Å². The van der Waals surface area contributed by atoms with E-state index in [1.54, 1.807) is 4.90 Å². The van der Waals surface area contributed by atoms with Gasteiger partial charge in [0, 0.05) is 58.5 Å². The van der Waals surface area contributed by atoms with E-state index in [2.05, 4.69) is 14.5 Å². The van der Waals surface area contributed by atoms with E-state index in [1.807, 2.05) is 6.20 Å². The zero-order valence-corrected chi connectivity index (χ0v) is 15.8. The number of imidazole rings is 1. The number of fused-ring (bicyclic) bond motifs is 1. The minimum Gasteiger partial charge on any atom is -0.381 e. The maximum atomic E-state index is 12.6. The zero-order valence-electron chi connectivity index (χ0n) is 15.0. The van der Waals surface area contributed by atoms with Crippen molar-refractivity contribution in [2.45, 2.75) is 19.4 Å². The van der Waals surface area contributed by atoms with E-state index in [0.29, 0.717) is 11.6 Å². The van der Waals surface area contributed by atoms with Gasteiger partial charge in [-0.15, -0.1) is 0 Å². The number of amides is 1. The van der Waals surface area contributed by atoms with Gasteiger partial charge in [-0.2, -0.15) is 0 Å². The fourth-order valence-corrected chi connectivity index (χ4v) is 5.12. The summed E-state index contributed by atoms with van der Waals surface area (Å²) in [7, 11) is -2.99. The second kappa shape index (κ2) is 7.28. The van der Waals surface area contributed by atoms with Crippen LogP contribution in [0.5, 0.6) is 0 Å². The van der Waals surface area contributed by atoms with Gasteiger partial charge in [-0.1, -0.05) is 0 Å². The van der Waals surface area contributed by atoms with E-state index in [-0.39, 0.29) is 30.5 Å². The lowest BCUT2D eigenvalue weighted by Gasteiger charge is -2.26. The number of carbonyl (C=O) groups is 1. The molecule has 4 heterocycles. The molecule has 3 aliphatic rings. The van der Waals surface area contributed by atoms with Crippen LogP contribution in [-0.2, 0) is 27.5 Å². The summed E-state index contributed by atoms with van der Waals surface area (Å²) >= 11 is 0. The van der Waals surface area contributed by atoms with Crippen molar-refractivity contribution in [2.75, 3.05) is 57.4 Å². The number of sulfone groups is 1. The van der Waals surface area contributed by atoms with Crippen LogP contribution < -0.4 is 0 Å². The molecule has 1 unspecified atom stereocenters. The van der Waals surface area contributed by atoms with Crippen molar-refractivity contribution in [1.29, 1.82) is 0 Å². The molecule has 0 saturated carbocycles. The Morgan fingerprint density at radius 3 is 2.73 bits per heavy atom. The molecule has 8 nitrogen and oxygen atoms in total. The number of hydrogen-bond acceptors (Lipinski definition) is 6. The van der Waals surface area contributed by atoms with E-state index in [0.717, 1.165) is 58.1 Å². The van der Waals surface area contributed by atoms with Gasteiger partial charge < -0.3 is 19.1 Å². The van der Waals surface area contributed by atoms with Gasteiger partial charge in [-0.3, -0.25) is 4.79 Å². The molecule has 9 heteroatoms. The summed E-state index contributed by atoms with van der Waals surface area (Å²) in [6.45, 7) is 6.07. The second-order valence-electron chi connectivity index (χ2n) is 7.46. The molecule has 3 aliphatic heterocycles. The van der Waals surface area contributed by atoms with Crippen LogP contribution >= 0.6 is 0 Å². The Hall–Kier alpha value is -1.45. The summed E-state index contributed by atoms with van der Waals surface area (Å²) in [4.78, 5) is 21.3. The third kappa shape index (κ3) is 3.94. The van der Waals surface area contributed by atoms with Crippen LogP contribution in [0.15, 0.2) is 6.20 Å². The number of nitrogens with zero attached hydrogens (tertiary/aromatic N) is 4. The molecule has 1 amide bonds. The first-order chi connectivity index (χ1) is 12.5. The predicted molar refractivity (Wildman–Crippen MR) is 95.9 cm³/mol. The average molecular weight is 382 g/mol. The van der Waals surface area contributed by atoms with Crippen LogP contribution in [0.3, 0.4) is 0 Å². The molecule has 144 valence electrons. The van der Waals surface area contributed by atoms with E-state index >= 15 is 0 Å². The summed E-state index contributed by atoms with van der Waals surface area (Å²) in [5.41, 5.74) is 0.442. The summed E-state index contributed by atoms with van der Waals surface area (Å²) in [6.07, 6.45) is 3.81. The molecule has 0 aromatic carbocycles. The first kappa shape index (κ1) is 17.9. The number of carbonyl (C=O) groups excluding carboxylic acids is 1. The van der Waals surface area contributed by atoms with Crippen LogP contribution in [0.1, 0.15) is 22.7 Å². The van der Waals surface area contributed by atoms with Crippen molar-refractivity contribution in [3.8, 4) is 0 Å². The molecule has 0 spiro atoms. The minimum absolute atomic E-state index is 0.0478. The first-order valence-corrected chi connectivity index (χ1v) is 11.2. The molecule has 1 aromatic heterocycles. The minimum atomic E-state index is -2.99. The SMILES string of the molecule is O=C(c1cn2c(n1)CCN(CC1CCOC1)CC2)N1CCS(=O)(=O)CC1. The van der Waals surface area contributed by atoms with Gasteiger partial charge in [-0.25, -0.2) is 13.4 Å². The number of hydrogen-bond donors (Lipinski definition) is 0. The van der Waals surface area contributed by atoms with Gasteiger partial charge in [0.15, 0.2) is 9.84 Å². The molecule has 2 saturated heterocycles. The standard InChI is InChI=1S/C17H26N4O4S/c22-17(20-6-9-26(23,24)10-7-20)15-12-21-5-4-19(3-1-16(21)18-15)11-14-2-8-25-13-14/h12,14H,1-11,13H2. The Bertz CT molecular complexity index is 730. The Morgan fingerprint density at radius 2 is 2.00 bits per heavy atom. The van der Waals surface area contributed by atoms with Crippen LogP contribution in [-0.4, -0.2) is 91.1 Å². The summed E-state index contributed by atoms with van der Waals surface area (Å²) < 4.78 is 30.6. The van der Waals surface area contributed by atoms with Crippen LogP contribution in [0.25, 0.3) is 0 Å². The van der Waals surface area contributed by atoms with Crippen LogP contribution in [0.4, 0.5) is 0 Å². The van der Waals surface area contributed by atoms with E-state index in [1.165, 1.54) is 0 Å². The lowest BCUT2D eigenvalue weighted by molar-refractivity contribution is 0.0764. The summed E-state index contributed by atoms with van der Waals surface area (Å²) in [5, 5.41) is 0. The fourth-order valence-electron chi connectivity index (χ4n) is 3.92. The van der Waals surface area contributed by atoms with Gasteiger partial charge >= 0.3 is 0 Å². The molecule has 0 bridgehead atoms. The van der Waals surface area contributed by atoms with Crippen molar-refractivity contribution in [1.82, 2.24) is 19.4 Å². The van der Waals surface area contributed by atoms with E-state index < -0.39 is 9.84 Å². The van der Waals surface area contributed by atoms with Gasteiger partial charge in [0.05, 0.1) is 18.1 Å². The van der Waals surface area contributed by atoms with E-state index in [9.17, 15) is 13.2 Å². The molecule has 2 fully saturated rings. The number of rotatable bonds is 3. The lowest BCUT2D eigenvalue weighted by Crippen LogP contribution is -2.43. The van der Waals surface area contributed by atoms with Crippen molar-refractivity contribution < 1.29 is 17.9 Å². The Balaban J connectivity index is 1.37. The van der Waals surface area contributed by atoms with Crippen molar-refractivity contribution in [3.63, 3.8) is 0 Å². The molecule has 0 N–H and O–H groups in total. The summed E-state index contributed by atoms with van der Waals surface area (Å²) in [6, 6.07) is 0. The quantitative estimate of drug-likeness (QED) is 0.710. The van der Waals surface area contributed by atoms with Gasteiger partial charge in [0.2, 0.25) is 0 Å². The van der Waals surface area contributed by atoms with Gasteiger partial charge in [0.1, 0.15) is 11.5 Å². The summed E-state index contributed by atoms with van der Waals surface area (Å²) in [5.74, 6) is 1.52. The highest BCUT2D eigenvalue weighted by atomic mass is 32.2. The monoisotopic (exact) mass is 382 g/mol. The molecular formula is C17H26N4O4S.